The van der Waals surface area contributed by atoms with Crippen molar-refractivity contribution in [1.82, 2.24) is 10.2 Å². The van der Waals surface area contributed by atoms with E-state index in [2.05, 4.69) is 24.1 Å². The molecular formula is C16H33N3O. The highest BCUT2D eigenvalue weighted by Crippen LogP contribution is 2.28. The van der Waals surface area contributed by atoms with Crippen LogP contribution in [-0.4, -0.2) is 41.0 Å². The average Bonchev–Trinajstić information content (AvgIpc) is 2.63. The monoisotopic (exact) mass is 283 g/mol. The fourth-order valence-electron chi connectivity index (χ4n) is 3.26. The summed E-state index contributed by atoms with van der Waals surface area (Å²) in [6.07, 6.45) is 5.58. The van der Waals surface area contributed by atoms with Gasteiger partial charge in [0.1, 0.15) is 0 Å². The van der Waals surface area contributed by atoms with Crippen molar-refractivity contribution in [2.45, 2.75) is 83.8 Å². The molecule has 0 saturated carbocycles. The van der Waals surface area contributed by atoms with Crippen LogP contribution in [0.15, 0.2) is 0 Å². The van der Waals surface area contributed by atoms with Crippen molar-refractivity contribution in [2.24, 2.45) is 5.73 Å². The first-order chi connectivity index (χ1) is 9.17. The third kappa shape index (κ3) is 4.74. The first kappa shape index (κ1) is 17.4. The Labute approximate surface area is 124 Å². The van der Waals surface area contributed by atoms with E-state index >= 15 is 0 Å². The van der Waals surface area contributed by atoms with Gasteiger partial charge in [0, 0.05) is 11.6 Å². The number of unbranched alkanes of at least 4 members (excludes halogenated alkanes) is 1. The van der Waals surface area contributed by atoms with Crippen molar-refractivity contribution >= 4 is 5.91 Å². The van der Waals surface area contributed by atoms with Crippen LogP contribution >= 0.6 is 0 Å². The van der Waals surface area contributed by atoms with Gasteiger partial charge < -0.3 is 11.1 Å². The van der Waals surface area contributed by atoms with E-state index in [1.54, 1.807) is 0 Å². The summed E-state index contributed by atoms with van der Waals surface area (Å²) < 4.78 is 0. The Balaban J connectivity index is 2.36. The van der Waals surface area contributed by atoms with E-state index in [1.807, 2.05) is 20.8 Å². The van der Waals surface area contributed by atoms with Crippen LogP contribution in [0, 0.1) is 0 Å². The van der Waals surface area contributed by atoms with E-state index in [4.69, 9.17) is 5.73 Å². The molecule has 0 aliphatic carbocycles. The predicted molar refractivity (Wildman–Crippen MR) is 84.6 cm³/mol. The molecule has 1 aliphatic rings. The molecule has 1 fully saturated rings. The van der Waals surface area contributed by atoms with Crippen LogP contribution in [0.1, 0.15) is 66.7 Å². The van der Waals surface area contributed by atoms with Gasteiger partial charge in [0.05, 0.1) is 5.54 Å². The Bertz CT molecular complexity index is 328. The summed E-state index contributed by atoms with van der Waals surface area (Å²) in [5.74, 6) is -0.243. The molecule has 1 aliphatic heterocycles. The zero-order valence-corrected chi connectivity index (χ0v) is 14.0. The average molecular weight is 283 g/mol. The fraction of sp³-hybridized carbons (Fsp3) is 0.938. The van der Waals surface area contributed by atoms with Crippen LogP contribution in [0.5, 0.6) is 0 Å². The number of primary amides is 1. The molecule has 0 aromatic carbocycles. The lowest BCUT2D eigenvalue weighted by atomic mass is 9.92. The van der Waals surface area contributed by atoms with Gasteiger partial charge in [0.2, 0.25) is 5.91 Å². The normalized spacial score (nSPS) is 22.1. The minimum atomic E-state index is -0.575. The van der Waals surface area contributed by atoms with E-state index in [9.17, 15) is 4.79 Å². The van der Waals surface area contributed by atoms with Crippen molar-refractivity contribution in [2.75, 3.05) is 13.1 Å². The lowest BCUT2D eigenvalue weighted by molar-refractivity contribution is -0.124. The highest BCUT2D eigenvalue weighted by molar-refractivity contribution is 5.84. The zero-order chi connectivity index (χ0) is 15.4. The Hall–Kier alpha value is -0.610. The second-order valence-electron chi connectivity index (χ2n) is 7.36. The third-order valence-corrected chi connectivity index (χ3v) is 4.58. The molecule has 4 nitrogen and oxygen atoms in total. The third-order valence-electron chi connectivity index (χ3n) is 4.58. The van der Waals surface area contributed by atoms with Crippen molar-refractivity contribution in [1.29, 1.82) is 0 Å². The standard InChI is InChI=1S/C16H33N3O/c1-13(2)18-16(5,14(17)20)10-6-7-11-19-12-8-9-15(19,3)4/h13,18H,6-12H2,1-5H3,(H2,17,20). The molecule has 4 heteroatoms. The number of hydrogen-bond donors (Lipinski definition) is 2. The van der Waals surface area contributed by atoms with E-state index in [1.165, 1.54) is 19.4 Å². The number of hydrogen-bond acceptors (Lipinski definition) is 3. The minimum absolute atomic E-state index is 0.243. The molecular weight excluding hydrogens is 250 g/mol. The molecule has 1 heterocycles. The van der Waals surface area contributed by atoms with E-state index in [0.717, 1.165) is 25.8 Å². The molecule has 0 aromatic heterocycles. The minimum Gasteiger partial charge on any atom is -0.368 e. The number of likely N-dealkylation sites (tertiary alicyclic amines) is 1. The fourth-order valence-corrected chi connectivity index (χ4v) is 3.26. The molecule has 3 N–H and O–H groups in total. The summed E-state index contributed by atoms with van der Waals surface area (Å²) in [5.41, 5.74) is 5.33. The Kier molecular flexibility index (Phi) is 6.02. The van der Waals surface area contributed by atoms with E-state index < -0.39 is 5.54 Å². The van der Waals surface area contributed by atoms with Gasteiger partial charge in [-0.3, -0.25) is 9.69 Å². The number of nitrogens with zero attached hydrogens (tertiary/aromatic N) is 1. The summed E-state index contributed by atoms with van der Waals surface area (Å²) in [4.78, 5) is 14.2. The maximum atomic E-state index is 11.7. The molecule has 1 atom stereocenters. The molecule has 1 rings (SSSR count). The van der Waals surface area contributed by atoms with Crippen LogP contribution in [0.2, 0.25) is 0 Å². The molecule has 1 saturated heterocycles. The van der Waals surface area contributed by atoms with E-state index in [0.29, 0.717) is 5.54 Å². The molecule has 0 spiro atoms. The van der Waals surface area contributed by atoms with Gasteiger partial charge in [-0.15, -0.1) is 0 Å². The first-order valence-corrected chi connectivity index (χ1v) is 8.00. The Morgan fingerprint density at radius 3 is 2.50 bits per heavy atom. The van der Waals surface area contributed by atoms with Gasteiger partial charge in [0.25, 0.3) is 0 Å². The topological polar surface area (TPSA) is 58.4 Å². The number of carbonyl (C=O) groups excluding carboxylic acids is 1. The lowest BCUT2D eigenvalue weighted by Crippen LogP contribution is -2.55. The molecule has 1 unspecified atom stereocenters. The summed E-state index contributed by atoms with van der Waals surface area (Å²) >= 11 is 0. The Morgan fingerprint density at radius 1 is 1.40 bits per heavy atom. The Morgan fingerprint density at radius 2 is 2.05 bits per heavy atom. The summed E-state index contributed by atoms with van der Waals surface area (Å²) in [7, 11) is 0. The highest BCUT2D eigenvalue weighted by atomic mass is 16.1. The number of nitrogens with two attached hydrogens (primary N) is 1. The van der Waals surface area contributed by atoms with Crippen LogP contribution in [-0.2, 0) is 4.79 Å². The summed E-state index contributed by atoms with van der Waals surface area (Å²) in [6.45, 7) is 13.0. The number of carbonyl (C=O) groups is 1. The van der Waals surface area contributed by atoms with Crippen LogP contribution < -0.4 is 11.1 Å². The van der Waals surface area contributed by atoms with Crippen molar-refractivity contribution < 1.29 is 4.79 Å². The van der Waals surface area contributed by atoms with Crippen LogP contribution in [0.4, 0.5) is 0 Å². The maximum absolute atomic E-state index is 11.7. The molecule has 0 aromatic rings. The largest absolute Gasteiger partial charge is 0.368 e. The highest BCUT2D eigenvalue weighted by Gasteiger charge is 2.33. The van der Waals surface area contributed by atoms with Crippen molar-refractivity contribution in [3.05, 3.63) is 0 Å². The molecule has 20 heavy (non-hydrogen) atoms. The smallest absolute Gasteiger partial charge is 0.237 e. The first-order valence-electron chi connectivity index (χ1n) is 8.00. The van der Waals surface area contributed by atoms with Gasteiger partial charge in [-0.05, 0) is 79.8 Å². The maximum Gasteiger partial charge on any atom is 0.237 e. The van der Waals surface area contributed by atoms with Crippen LogP contribution in [0.3, 0.4) is 0 Å². The molecule has 0 bridgehead atoms. The molecule has 0 radical (unpaired) electrons. The van der Waals surface area contributed by atoms with Gasteiger partial charge in [0.15, 0.2) is 0 Å². The van der Waals surface area contributed by atoms with Crippen molar-refractivity contribution in [3.8, 4) is 0 Å². The number of rotatable bonds is 8. The second-order valence-corrected chi connectivity index (χ2v) is 7.36. The van der Waals surface area contributed by atoms with Gasteiger partial charge in [-0.1, -0.05) is 0 Å². The summed E-state index contributed by atoms with van der Waals surface area (Å²) in [5, 5.41) is 3.31. The number of amides is 1. The number of nitrogens with one attached hydrogen (secondary N) is 1. The lowest BCUT2D eigenvalue weighted by Gasteiger charge is -2.33. The predicted octanol–water partition coefficient (Wildman–Crippen LogP) is 2.27. The second kappa shape index (κ2) is 6.90. The van der Waals surface area contributed by atoms with E-state index in [-0.39, 0.29) is 11.9 Å². The summed E-state index contributed by atoms with van der Waals surface area (Å²) in [6, 6.07) is 0.269. The SMILES string of the molecule is CC(C)NC(C)(CCCCN1CCCC1(C)C)C(N)=O. The van der Waals surface area contributed by atoms with Crippen molar-refractivity contribution in [3.63, 3.8) is 0 Å². The molecule has 118 valence electrons. The van der Waals surface area contributed by atoms with Gasteiger partial charge >= 0.3 is 0 Å². The van der Waals surface area contributed by atoms with Gasteiger partial charge in [-0.25, -0.2) is 0 Å². The molecule has 1 amide bonds. The zero-order valence-electron chi connectivity index (χ0n) is 14.0. The van der Waals surface area contributed by atoms with Gasteiger partial charge in [-0.2, -0.15) is 0 Å². The van der Waals surface area contributed by atoms with Crippen LogP contribution in [0.25, 0.3) is 0 Å². The quantitative estimate of drug-likeness (QED) is 0.672.